The van der Waals surface area contributed by atoms with Crippen molar-refractivity contribution in [3.05, 3.63) is 66.7 Å². The van der Waals surface area contributed by atoms with Crippen LogP contribution >= 0.6 is 0 Å². The van der Waals surface area contributed by atoms with Gasteiger partial charge in [-0.05, 0) is 87.1 Å². The molecule has 0 amide bonds. The summed E-state index contributed by atoms with van der Waals surface area (Å²) >= 11 is 0. The molecule has 0 unspecified atom stereocenters. The van der Waals surface area contributed by atoms with Crippen LogP contribution in [0.1, 0.15) is 48.9 Å². The van der Waals surface area contributed by atoms with Crippen LogP contribution in [0.3, 0.4) is 0 Å². The molecule has 2 aromatic rings. The maximum absolute atomic E-state index is 12.5. The summed E-state index contributed by atoms with van der Waals surface area (Å²) in [6.07, 6.45) is 4.74. The Balaban J connectivity index is 1.35. The first-order valence-corrected chi connectivity index (χ1v) is 12.1. The van der Waals surface area contributed by atoms with Gasteiger partial charge in [0.25, 0.3) is 0 Å². The molecule has 8 nitrogen and oxygen atoms in total. The molecule has 0 bridgehead atoms. The van der Waals surface area contributed by atoms with Gasteiger partial charge in [-0.3, -0.25) is 4.79 Å². The van der Waals surface area contributed by atoms with Crippen LogP contribution < -0.4 is 14.2 Å². The summed E-state index contributed by atoms with van der Waals surface area (Å²) in [4.78, 5) is 36.0. The quantitative estimate of drug-likeness (QED) is 0.177. The van der Waals surface area contributed by atoms with Crippen molar-refractivity contribution in [2.75, 3.05) is 20.3 Å². The fourth-order valence-electron chi connectivity index (χ4n) is 3.79. The molecule has 3 rings (SSSR count). The third-order valence-electron chi connectivity index (χ3n) is 5.87. The Morgan fingerprint density at radius 1 is 0.861 bits per heavy atom. The largest absolute Gasteiger partial charge is 0.497 e. The van der Waals surface area contributed by atoms with Crippen LogP contribution in [0.15, 0.2) is 61.2 Å². The smallest absolute Gasteiger partial charge is 0.338 e. The first-order valence-electron chi connectivity index (χ1n) is 12.1. The normalized spacial score (nSPS) is 16.9. The fourth-order valence-corrected chi connectivity index (χ4v) is 3.79. The van der Waals surface area contributed by atoms with Gasteiger partial charge in [-0.15, -0.1) is 0 Å². The first-order chi connectivity index (χ1) is 17.5. The molecule has 0 N–H and O–H groups in total. The second-order valence-electron chi connectivity index (χ2n) is 8.43. The molecule has 0 atom stereocenters. The number of carbonyl (C=O) groups excluding carboxylic acids is 3. The third-order valence-corrected chi connectivity index (χ3v) is 5.87. The van der Waals surface area contributed by atoms with E-state index in [1.54, 1.807) is 55.6 Å². The van der Waals surface area contributed by atoms with Crippen molar-refractivity contribution >= 4 is 17.9 Å². The van der Waals surface area contributed by atoms with Gasteiger partial charge in [-0.2, -0.15) is 0 Å². The maximum atomic E-state index is 12.5. The first kappa shape index (κ1) is 26.8. The Kier molecular flexibility index (Phi) is 10.4. The van der Waals surface area contributed by atoms with Gasteiger partial charge < -0.3 is 23.7 Å². The van der Waals surface area contributed by atoms with E-state index in [1.165, 1.54) is 0 Å². The van der Waals surface area contributed by atoms with E-state index in [1.807, 2.05) is 0 Å². The molecule has 0 spiro atoms. The van der Waals surface area contributed by atoms with Crippen LogP contribution in [0.4, 0.5) is 0 Å². The zero-order valence-corrected chi connectivity index (χ0v) is 20.5. The molecule has 0 aliphatic heterocycles. The van der Waals surface area contributed by atoms with E-state index in [4.69, 9.17) is 23.7 Å². The highest BCUT2D eigenvalue weighted by atomic mass is 16.5. The van der Waals surface area contributed by atoms with E-state index >= 15 is 0 Å². The zero-order valence-electron chi connectivity index (χ0n) is 20.5. The second kappa shape index (κ2) is 13.9. The van der Waals surface area contributed by atoms with Crippen molar-refractivity contribution in [3.8, 4) is 17.2 Å². The van der Waals surface area contributed by atoms with Crippen molar-refractivity contribution in [3.63, 3.8) is 0 Å². The molecule has 1 fully saturated rings. The lowest BCUT2D eigenvalue weighted by Gasteiger charge is -2.27. The molecule has 0 radical (unpaired) electrons. The summed E-state index contributed by atoms with van der Waals surface area (Å²) < 4.78 is 26.8. The van der Waals surface area contributed by atoms with Gasteiger partial charge in [0.15, 0.2) is 0 Å². The fraction of sp³-hybridized carbons (Fsp3) is 0.393. The number of esters is 3. The minimum atomic E-state index is -0.432. The van der Waals surface area contributed by atoms with Gasteiger partial charge in [-0.1, -0.05) is 6.58 Å². The highest BCUT2D eigenvalue weighted by Gasteiger charge is 2.29. The molecule has 1 aliphatic carbocycles. The number of hydrogen-bond donors (Lipinski definition) is 0. The number of benzene rings is 2. The number of rotatable bonds is 12. The molecular weight excluding hydrogens is 464 g/mol. The molecule has 0 aromatic heterocycles. The maximum Gasteiger partial charge on any atom is 0.338 e. The summed E-state index contributed by atoms with van der Waals surface area (Å²) in [7, 11) is 1.58. The lowest BCUT2D eigenvalue weighted by Crippen LogP contribution is -2.30. The van der Waals surface area contributed by atoms with E-state index in [-0.39, 0.29) is 18.0 Å². The van der Waals surface area contributed by atoms with Gasteiger partial charge in [0.1, 0.15) is 23.4 Å². The third kappa shape index (κ3) is 8.45. The summed E-state index contributed by atoms with van der Waals surface area (Å²) in [6, 6.07) is 13.7. The van der Waals surface area contributed by atoms with Gasteiger partial charge in [0.2, 0.25) is 0 Å². The number of ether oxygens (including phenoxy) is 5. The molecular formula is C28H32O8. The number of unbranched alkanes of at least 4 members (excludes halogenated alkanes) is 1. The summed E-state index contributed by atoms with van der Waals surface area (Å²) in [5.74, 6) is 0.514. The molecule has 36 heavy (non-hydrogen) atoms. The van der Waals surface area contributed by atoms with Gasteiger partial charge in [0, 0.05) is 6.08 Å². The monoisotopic (exact) mass is 496 g/mol. The van der Waals surface area contributed by atoms with Crippen LogP contribution in [0.25, 0.3) is 0 Å². The highest BCUT2D eigenvalue weighted by molar-refractivity contribution is 5.89. The summed E-state index contributed by atoms with van der Waals surface area (Å²) in [5, 5.41) is 0. The SMILES string of the molecule is C=CC(=O)OCCCCOc1ccc(C(=O)OC2CCC(C(=O)Oc3ccc(OC)cc3)CC2)cc1. The van der Waals surface area contributed by atoms with E-state index < -0.39 is 11.9 Å². The Morgan fingerprint density at radius 2 is 1.47 bits per heavy atom. The predicted octanol–water partition coefficient (Wildman–Crippen LogP) is 4.90. The van der Waals surface area contributed by atoms with E-state index in [0.717, 1.165) is 12.5 Å². The Morgan fingerprint density at radius 3 is 2.11 bits per heavy atom. The van der Waals surface area contributed by atoms with Crippen LogP contribution in [-0.2, 0) is 19.1 Å². The Bertz CT molecular complexity index is 1000. The van der Waals surface area contributed by atoms with Crippen molar-refractivity contribution in [2.45, 2.75) is 44.6 Å². The van der Waals surface area contributed by atoms with Gasteiger partial charge in [-0.25, -0.2) is 9.59 Å². The molecule has 8 heteroatoms. The number of carbonyl (C=O) groups is 3. The average molecular weight is 497 g/mol. The van der Waals surface area contributed by atoms with Crippen molar-refractivity contribution < 1.29 is 38.1 Å². The second-order valence-corrected chi connectivity index (χ2v) is 8.43. The van der Waals surface area contributed by atoms with E-state index in [0.29, 0.717) is 68.1 Å². The molecule has 0 heterocycles. The zero-order chi connectivity index (χ0) is 25.8. The minimum absolute atomic E-state index is 0.215. The molecule has 1 aliphatic rings. The summed E-state index contributed by atoms with van der Waals surface area (Å²) in [5.41, 5.74) is 0.444. The average Bonchev–Trinajstić information content (AvgIpc) is 2.91. The lowest BCUT2D eigenvalue weighted by molar-refractivity contribution is -0.140. The Labute approximate surface area is 211 Å². The van der Waals surface area contributed by atoms with Crippen molar-refractivity contribution in [1.82, 2.24) is 0 Å². The van der Waals surface area contributed by atoms with Crippen molar-refractivity contribution in [1.29, 1.82) is 0 Å². The standard InChI is InChI=1S/C28H32O8/c1-3-26(29)34-19-5-4-18-33-23-10-6-20(7-11-23)27(30)35-24-12-8-21(9-13-24)28(31)36-25-16-14-22(32-2)15-17-25/h3,6-7,10-11,14-17,21,24H,1,4-5,8-9,12-13,18-19H2,2H3. The van der Waals surface area contributed by atoms with E-state index in [9.17, 15) is 14.4 Å². The molecule has 1 saturated carbocycles. The van der Waals surface area contributed by atoms with Gasteiger partial charge >= 0.3 is 17.9 Å². The van der Waals surface area contributed by atoms with Crippen LogP contribution in [0.5, 0.6) is 17.2 Å². The topological polar surface area (TPSA) is 97.4 Å². The highest BCUT2D eigenvalue weighted by Crippen LogP contribution is 2.29. The van der Waals surface area contributed by atoms with Crippen molar-refractivity contribution in [2.24, 2.45) is 5.92 Å². The predicted molar refractivity (Wildman–Crippen MR) is 132 cm³/mol. The number of hydrogen-bond acceptors (Lipinski definition) is 8. The van der Waals surface area contributed by atoms with Crippen LogP contribution in [-0.4, -0.2) is 44.3 Å². The Hall–Kier alpha value is -3.81. The van der Waals surface area contributed by atoms with Gasteiger partial charge in [0.05, 0.1) is 31.8 Å². The molecule has 0 saturated heterocycles. The van der Waals surface area contributed by atoms with E-state index in [2.05, 4.69) is 6.58 Å². The molecule has 192 valence electrons. The minimum Gasteiger partial charge on any atom is -0.497 e. The van der Waals surface area contributed by atoms with Crippen LogP contribution in [0.2, 0.25) is 0 Å². The lowest BCUT2D eigenvalue weighted by atomic mass is 9.87. The number of methoxy groups -OCH3 is 1. The molecule has 2 aromatic carbocycles. The summed E-state index contributed by atoms with van der Waals surface area (Å²) in [6.45, 7) is 4.14. The van der Waals surface area contributed by atoms with Crippen LogP contribution in [0, 0.1) is 5.92 Å².